The third-order valence-electron chi connectivity index (χ3n) is 2.88. The number of nitrogens with zero attached hydrogens (tertiary/aromatic N) is 2. The average Bonchev–Trinajstić information content (AvgIpc) is 2.71. The van der Waals surface area contributed by atoms with E-state index in [0.717, 1.165) is 0 Å². The molecule has 1 heterocycles. The molecule has 114 valence electrons. The van der Waals surface area contributed by atoms with Crippen molar-refractivity contribution in [1.29, 1.82) is 5.26 Å². The van der Waals surface area contributed by atoms with Crippen molar-refractivity contribution >= 4 is 6.09 Å². The molecule has 2 atom stereocenters. The second-order valence-electron chi connectivity index (χ2n) is 5.77. The Kier molecular flexibility index (Phi) is 6.24. The fraction of sp³-hybridized carbons (Fsp3) is 0.857. The highest BCUT2D eigenvalue weighted by Gasteiger charge is 2.37. The van der Waals surface area contributed by atoms with Crippen molar-refractivity contribution in [1.82, 2.24) is 4.90 Å². The molecule has 0 unspecified atom stereocenters. The Morgan fingerprint density at radius 3 is 2.70 bits per heavy atom. The zero-order valence-corrected chi connectivity index (χ0v) is 12.7. The molecule has 0 aromatic carbocycles. The number of rotatable bonds is 5. The van der Waals surface area contributed by atoms with Crippen LogP contribution in [0.5, 0.6) is 0 Å². The van der Waals surface area contributed by atoms with Crippen LogP contribution >= 0.6 is 0 Å². The molecule has 0 aromatic rings. The highest BCUT2D eigenvalue weighted by molar-refractivity contribution is 5.69. The first-order valence-electron chi connectivity index (χ1n) is 6.93. The minimum atomic E-state index is -0.529. The first-order chi connectivity index (χ1) is 9.37. The third kappa shape index (κ3) is 5.35. The minimum absolute atomic E-state index is 0.00297. The van der Waals surface area contributed by atoms with Crippen LogP contribution in [0.15, 0.2) is 0 Å². The Hall–Kier alpha value is -1.32. The van der Waals surface area contributed by atoms with E-state index in [0.29, 0.717) is 26.2 Å². The molecule has 1 rings (SSSR count). The Balaban J connectivity index is 2.62. The van der Waals surface area contributed by atoms with Gasteiger partial charge in [0.15, 0.2) is 0 Å². The number of hydrogen-bond acceptors (Lipinski definition) is 5. The zero-order valence-electron chi connectivity index (χ0n) is 12.7. The van der Waals surface area contributed by atoms with Gasteiger partial charge in [-0.1, -0.05) is 0 Å². The van der Waals surface area contributed by atoms with E-state index < -0.39 is 5.60 Å². The van der Waals surface area contributed by atoms with Gasteiger partial charge in [-0.25, -0.2) is 4.79 Å². The summed E-state index contributed by atoms with van der Waals surface area (Å²) in [5.74, 6) is 0. The molecule has 0 aliphatic carbocycles. The summed E-state index contributed by atoms with van der Waals surface area (Å²) in [7, 11) is 0. The second-order valence-corrected chi connectivity index (χ2v) is 5.77. The van der Waals surface area contributed by atoms with Crippen LogP contribution in [0.3, 0.4) is 0 Å². The summed E-state index contributed by atoms with van der Waals surface area (Å²) >= 11 is 0. The number of ether oxygens (including phenoxy) is 3. The predicted molar refractivity (Wildman–Crippen MR) is 73.2 cm³/mol. The van der Waals surface area contributed by atoms with E-state index in [1.165, 1.54) is 0 Å². The molecule has 0 spiro atoms. The van der Waals surface area contributed by atoms with E-state index in [4.69, 9.17) is 19.5 Å². The minimum Gasteiger partial charge on any atom is -0.444 e. The molecule has 0 bridgehead atoms. The molecule has 1 saturated heterocycles. The van der Waals surface area contributed by atoms with Crippen molar-refractivity contribution < 1.29 is 19.0 Å². The van der Waals surface area contributed by atoms with Gasteiger partial charge in [-0.05, 0) is 34.1 Å². The van der Waals surface area contributed by atoms with Crippen LogP contribution in [0.4, 0.5) is 4.79 Å². The van der Waals surface area contributed by atoms with Crippen molar-refractivity contribution in [2.75, 3.05) is 26.4 Å². The summed E-state index contributed by atoms with van der Waals surface area (Å²) in [6, 6.07) is 1.82. The molecule has 0 N–H and O–H groups in total. The molecule has 0 radical (unpaired) electrons. The van der Waals surface area contributed by atoms with Gasteiger partial charge in [-0.2, -0.15) is 5.26 Å². The fourth-order valence-corrected chi connectivity index (χ4v) is 2.17. The summed E-state index contributed by atoms with van der Waals surface area (Å²) < 4.78 is 16.2. The molecule has 20 heavy (non-hydrogen) atoms. The van der Waals surface area contributed by atoms with Crippen LogP contribution in [0.25, 0.3) is 0 Å². The lowest BCUT2D eigenvalue weighted by molar-refractivity contribution is 0.0105. The van der Waals surface area contributed by atoms with E-state index in [1.54, 1.807) is 4.90 Å². The molecule has 6 nitrogen and oxygen atoms in total. The van der Waals surface area contributed by atoms with Gasteiger partial charge in [-0.3, -0.25) is 0 Å². The summed E-state index contributed by atoms with van der Waals surface area (Å²) in [6.45, 7) is 8.90. The van der Waals surface area contributed by atoms with Crippen molar-refractivity contribution in [2.24, 2.45) is 0 Å². The standard InChI is InChI=1S/C14H24N2O4/c1-5-19-12-8-11(10-18-7-6-15)16(9-12)13(17)20-14(2,3)4/h11-12H,5,7-10H2,1-4H3/t11-,12+/m0/s1. The topological polar surface area (TPSA) is 71.8 Å². The molecule has 1 fully saturated rings. The molecule has 1 aliphatic heterocycles. The second kappa shape index (κ2) is 7.46. The van der Waals surface area contributed by atoms with Gasteiger partial charge in [0.05, 0.1) is 31.4 Å². The summed E-state index contributed by atoms with van der Waals surface area (Å²) in [5.41, 5.74) is -0.529. The predicted octanol–water partition coefficient (Wildman–Crippen LogP) is 1.94. The third-order valence-corrected chi connectivity index (χ3v) is 2.88. The Morgan fingerprint density at radius 1 is 1.45 bits per heavy atom. The van der Waals surface area contributed by atoms with E-state index in [-0.39, 0.29) is 24.8 Å². The van der Waals surface area contributed by atoms with Crippen LogP contribution in [0.2, 0.25) is 0 Å². The Bertz CT molecular complexity index is 359. The monoisotopic (exact) mass is 284 g/mol. The van der Waals surface area contributed by atoms with Gasteiger partial charge >= 0.3 is 6.09 Å². The lowest BCUT2D eigenvalue weighted by atomic mass is 10.2. The van der Waals surface area contributed by atoms with Crippen LogP contribution in [0.1, 0.15) is 34.1 Å². The van der Waals surface area contributed by atoms with Gasteiger partial charge in [-0.15, -0.1) is 0 Å². The SMILES string of the molecule is CCO[C@@H]1C[C@@H](COCC#N)N(C(=O)OC(C)(C)C)C1. The van der Waals surface area contributed by atoms with Crippen molar-refractivity contribution in [3.05, 3.63) is 0 Å². The molecular formula is C14H24N2O4. The molecule has 1 amide bonds. The van der Waals surface area contributed by atoms with Gasteiger partial charge in [0, 0.05) is 6.61 Å². The summed E-state index contributed by atoms with van der Waals surface area (Å²) in [5, 5.41) is 8.50. The quantitative estimate of drug-likeness (QED) is 0.721. The first kappa shape index (κ1) is 16.7. The maximum atomic E-state index is 12.2. The molecule has 0 aromatic heterocycles. The zero-order chi connectivity index (χ0) is 15.2. The van der Waals surface area contributed by atoms with E-state index >= 15 is 0 Å². The lowest BCUT2D eigenvalue weighted by Crippen LogP contribution is -2.42. The van der Waals surface area contributed by atoms with Crippen molar-refractivity contribution in [3.63, 3.8) is 0 Å². The average molecular weight is 284 g/mol. The number of carbonyl (C=O) groups is 1. The number of likely N-dealkylation sites (tertiary alicyclic amines) is 1. The first-order valence-corrected chi connectivity index (χ1v) is 6.93. The van der Waals surface area contributed by atoms with Crippen molar-refractivity contribution in [2.45, 2.75) is 51.9 Å². The molecular weight excluding hydrogens is 260 g/mol. The maximum absolute atomic E-state index is 12.2. The fourth-order valence-electron chi connectivity index (χ4n) is 2.17. The molecule has 6 heteroatoms. The normalized spacial score (nSPS) is 22.6. The smallest absolute Gasteiger partial charge is 0.410 e. The van der Waals surface area contributed by atoms with Crippen molar-refractivity contribution in [3.8, 4) is 6.07 Å². The van der Waals surface area contributed by atoms with E-state index in [9.17, 15) is 4.79 Å². The molecule has 0 saturated carbocycles. The maximum Gasteiger partial charge on any atom is 0.410 e. The number of nitriles is 1. The Labute approximate surface area is 120 Å². The number of hydrogen-bond donors (Lipinski definition) is 0. The molecule has 1 aliphatic rings. The Morgan fingerprint density at radius 2 is 2.15 bits per heavy atom. The van der Waals surface area contributed by atoms with E-state index in [1.807, 2.05) is 33.8 Å². The summed E-state index contributed by atoms with van der Waals surface area (Å²) in [4.78, 5) is 13.8. The number of amides is 1. The summed E-state index contributed by atoms with van der Waals surface area (Å²) in [6.07, 6.45) is 0.354. The highest BCUT2D eigenvalue weighted by Crippen LogP contribution is 2.23. The van der Waals surface area contributed by atoms with Gasteiger partial charge in [0.1, 0.15) is 12.2 Å². The van der Waals surface area contributed by atoms with Crippen LogP contribution < -0.4 is 0 Å². The van der Waals surface area contributed by atoms with Crippen LogP contribution in [0, 0.1) is 11.3 Å². The van der Waals surface area contributed by atoms with E-state index in [2.05, 4.69) is 0 Å². The van der Waals surface area contributed by atoms with Crippen LogP contribution in [-0.2, 0) is 14.2 Å². The highest BCUT2D eigenvalue weighted by atomic mass is 16.6. The largest absolute Gasteiger partial charge is 0.444 e. The van der Waals surface area contributed by atoms with Crippen LogP contribution in [-0.4, -0.2) is 55.1 Å². The van der Waals surface area contributed by atoms with Gasteiger partial charge in [0.2, 0.25) is 0 Å². The van der Waals surface area contributed by atoms with Gasteiger partial charge in [0.25, 0.3) is 0 Å². The number of carbonyl (C=O) groups excluding carboxylic acids is 1. The van der Waals surface area contributed by atoms with Gasteiger partial charge < -0.3 is 19.1 Å². The lowest BCUT2D eigenvalue weighted by Gasteiger charge is -2.28.